The standard InChI is InChI=1S/C15H17F2N3O3S2.ClH/c1-25(22,23)5-4-13(18)14(21)20-15-19-8-10(24-15)6-9-2-3-11(16)12(17)7-9;/h2-3,7-8,13H,4-6,18H2,1H3,(H,19,20,21);1H. The van der Waals surface area contributed by atoms with E-state index in [0.29, 0.717) is 17.1 Å². The van der Waals surface area contributed by atoms with Crippen molar-refractivity contribution >= 4 is 44.6 Å². The molecule has 3 N–H and O–H groups in total. The summed E-state index contributed by atoms with van der Waals surface area (Å²) < 4.78 is 48.3. The van der Waals surface area contributed by atoms with E-state index in [-0.39, 0.29) is 24.6 Å². The molecule has 1 heterocycles. The van der Waals surface area contributed by atoms with Crippen molar-refractivity contribution in [3.05, 3.63) is 46.5 Å². The Kier molecular flexibility index (Phi) is 8.07. The van der Waals surface area contributed by atoms with Crippen LogP contribution in [0.15, 0.2) is 24.4 Å². The van der Waals surface area contributed by atoms with Crippen molar-refractivity contribution in [3.8, 4) is 0 Å². The first kappa shape index (κ1) is 22.4. The zero-order valence-corrected chi connectivity index (χ0v) is 16.2. The number of nitrogens with zero attached hydrogens (tertiary/aromatic N) is 1. The number of aromatic nitrogens is 1. The van der Waals surface area contributed by atoms with Gasteiger partial charge < -0.3 is 11.1 Å². The van der Waals surface area contributed by atoms with Crippen LogP contribution in [0, 0.1) is 11.6 Å². The fourth-order valence-electron chi connectivity index (χ4n) is 1.97. The van der Waals surface area contributed by atoms with Crippen molar-refractivity contribution < 1.29 is 22.0 Å². The van der Waals surface area contributed by atoms with E-state index in [2.05, 4.69) is 10.3 Å². The van der Waals surface area contributed by atoms with E-state index in [4.69, 9.17) is 5.73 Å². The molecule has 1 amide bonds. The zero-order valence-electron chi connectivity index (χ0n) is 13.7. The van der Waals surface area contributed by atoms with Gasteiger partial charge in [0.2, 0.25) is 5.91 Å². The van der Waals surface area contributed by atoms with Gasteiger partial charge in [0.25, 0.3) is 0 Å². The average Bonchev–Trinajstić information content (AvgIpc) is 2.94. The van der Waals surface area contributed by atoms with Crippen LogP contribution in [0.25, 0.3) is 0 Å². The molecule has 1 atom stereocenters. The van der Waals surface area contributed by atoms with Crippen LogP contribution in [0.1, 0.15) is 16.9 Å². The topological polar surface area (TPSA) is 102 Å². The number of benzene rings is 1. The minimum absolute atomic E-state index is 0. The van der Waals surface area contributed by atoms with Crippen LogP contribution in [0.4, 0.5) is 13.9 Å². The van der Waals surface area contributed by atoms with Crippen LogP contribution < -0.4 is 11.1 Å². The summed E-state index contributed by atoms with van der Waals surface area (Å²) in [6.07, 6.45) is 2.94. The smallest absolute Gasteiger partial charge is 0.243 e. The molecule has 1 unspecified atom stereocenters. The first-order chi connectivity index (χ1) is 11.6. The summed E-state index contributed by atoms with van der Waals surface area (Å²) in [5.41, 5.74) is 6.23. The van der Waals surface area contributed by atoms with Crippen molar-refractivity contribution in [2.24, 2.45) is 5.73 Å². The molecule has 0 spiro atoms. The van der Waals surface area contributed by atoms with Crippen molar-refractivity contribution in [3.63, 3.8) is 0 Å². The molecule has 11 heteroatoms. The summed E-state index contributed by atoms with van der Waals surface area (Å²) in [5, 5.41) is 2.82. The highest BCUT2D eigenvalue weighted by Gasteiger charge is 2.17. The van der Waals surface area contributed by atoms with Gasteiger partial charge in [-0.05, 0) is 24.1 Å². The molecule has 0 fully saturated rings. The quantitative estimate of drug-likeness (QED) is 0.707. The summed E-state index contributed by atoms with van der Waals surface area (Å²) in [6.45, 7) is 0. The van der Waals surface area contributed by atoms with Crippen molar-refractivity contribution in [2.75, 3.05) is 17.3 Å². The molecule has 2 aromatic rings. The minimum Gasteiger partial charge on any atom is -0.320 e. The van der Waals surface area contributed by atoms with Crippen LogP contribution in [0.5, 0.6) is 0 Å². The number of rotatable bonds is 7. The SMILES string of the molecule is CS(=O)(=O)CCC(N)C(=O)Nc1ncc(Cc2ccc(F)c(F)c2)s1.Cl. The number of amides is 1. The van der Waals surface area contributed by atoms with Gasteiger partial charge in [-0.2, -0.15) is 0 Å². The third kappa shape index (κ3) is 6.94. The third-order valence-corrected chi connectivity index (χ3v) is 5.17. The largest absolute Gasteiger partial charge is 0.320 e. The Balaban J connectivity index is 0.00000338. The van der Waals surface area contributed by atoms with Gasteiger partial charge in [0, 0.05) is 23.8 Å². The van der Waals surface area contributed by atoms with Gasteiger partial charge in [0.05, 0.1) is 11.8 Å². The molecule has 0 aliphatic heterocycles. The Morgan fingerprint density at radius 2 is 2.04 bits per heavy atom. The monoisotopic (exact) mass is 425 g/mol. The number of sulfone groups is 1. The number of hydrogen-bond acceptors (Lipinski definition) is 6. The Morgan fingerprint density at radius 1 is 1.35 bits per heavy atom. The molecule has 144 valence electrons. The summed E-state index contributed by atoms with van der Waals surface area (Å²) >= 11 is 1.17. The molecule has 6 nitrogen and oxygen atoms in total. The first-order valence-corrected chi connectivity index (χ1v) is 10.1. The zero-order chi connectivity index (χ0) is 18.6. The lowest BCUT2D eigenvalue weighted by atomic mass is 10.1. The maximum absolute atomic E-state index is 13.2. The fraction of sp³-hybridized carbons (Fsp3) is 0.333. The Hall–Kier alpha value is -1.62. The number of hydrogen-bond donors (Lipinski definition) is 2. The van der Waals surface area contributed by atoms with Gasteiger partial charge >= 0.3 is 0 Å². The highest BCUT2D eigenvalue weighted by Crippen LogP contribution is 2.22. The first-order valence-electron chi connectivity index (χ1n) is 7.27. The Morgan fingerprint density at radius 3 is 2.65 bits per heavy atom. The lowest BCUT2D eigenvalue weighted by Crippen LogP contribution is -2.37. The number of thiazole rings is 1. The number of carbonyl (C=O) groups excluding carboxylic acids is 1. The molecule has 2 rings (SSSR count). The van der Waals surface area contributed by atoms with Crippen LogP contribution in [0.3, 0.4) is 0 Å². The summed E-state index contributed by atoms with van der Waals surface area (Å²) in [4.78, 5) is 16.7. The van der Waals surface area contributed by atoms with E-state index in [0.717, 1.165) is 23.3 Å². The van der Waals surface area contributed by atoms with E-state index in [9.17, 15) is 22.0 Å². The van der Waals surface area contributed by atoms with Crippen molar-refractivity contribution in [2.45, 2.75) is 18.9 Å². The number of nitrogens with one attached hydrogen (secondary N) is 1. The van der Waals surface area contributed by atoms with Gasteiger partial charge in [-0.25, -0.2) is 22.2 Å². The van der Waals surface area contributed by atoms with E-state index >= 15 is 0 Å². The summed E-state index contributed by atoms with van der Waals surface area (Å²) in [7, 11) is -3.19. The second-order valence-electron chi connectivity index (χ2n) is 5.57. The maximum Gasteiger partial charge on any atom is 0.243 e. The lowest BCUT2D eigenvalue weighted by Gasteiger charge is -2.09. The van der Waals surface area contributed by atoms with Gasteiger partial charge in [0.1, 0.15) is 9.84 Å². The number of nitrogens with two attached hydrogens (primary N) is 1. The molecule has 0 saturated heterocycles. The Bertz CT molecular complexity index is 875. The molecule has 0 bridgehead atoms. The molecule has 0 aliphatic rings. The lowest BCUT2D eigenvalue weighted by molar-refractivity contribution is -0.117. The number of anilines is 1. The van der Waals surface area contributed by atoms with Gasteiger partial charge in [0.15, 0.2) is 16.8 Å². The molecule has 1 aromatic carbocycles. The molecule has 1 aromatic heterocycles. The molecular formula is C15H18ClF2N3O3S2. The molecule has 0 saturated carbocycles. The third-order valence-electron chi connectivity index (χ3n) is 3.28. The van der Waals surface area contributed by atoms with E-state index in [1.807, 2.05) is 0 Å². The second-order valence-corrected chi connectivity index (χ2v) is 8.95. The van der Waals surface area contributed by atoms with Crippen LogP contribution in [-0.4, -0.2) is 37.4 Å². The molecule has 26 heavy (non-hydrogen) atoms. The van der Waals surface area contributed by atoms with Crippen LogP contribution >= 0.6 is 23.7 Å². The average molecular weight is 426 g/mol. The van der Waals surface area contributed by atoms with Crippen molar-refractivity contribution in [1.29, 1.82) is 0 Å². The molecule has 0 radical (unpaired) electrons. The normalized spacial score (nSPS) is 12.3. The van der Waals surface area contributed by atoms with Gasteiger partial charge in [-0.15, -0.1) is 23.7 Å². The van der Waals surface area contributed by atoms with E-state index < -0.39 is 33.4 Å². The van der Waals surface area contributed by atoms with Crippen LogP contribution in [0.2, 0.25) is 0 Å². The summed E-state index contributed by atoms with van der Waals surface area (Å²) in [5.74, 6) is -2.55. The van der Waals surface area contributed by atoms with Crippen LogP contribution in [-0.2, 0) is 21.1 Å². The summed E-state index contributed by atoms with van der Waals surface area (Å²) in [6, 6.07) is 2.66. The Labute approximate surface area is 160 Å². The predicted octanol–water partition coefficient (Wildman–Crippen LogP) is 2.13. The second kappa shape index (κ2) is 9.36. The maximum atomic E-state index is 13.2. The predicted molar refractivity (Wildman–Crippen MR) is 99.5 cm³/mol. The minimum atomic E-state index is -3.19. The van der Waals surface area contributed by atoms with E-state index in [1.54, 1.807) is 0 Å². The number of carbonyl (C=O) groups is 1. The van der Waals surface area contributed by atoms with Crippen molar-refractivity contribution in [1.82, 2.24) is 4.98 Å². The van der Waals surface area contributed by atoms with E-state index in [1.165, 1.54) is 23.6 Å². The molecular weight excluding hydrogens is 408 g/mol. The number of halogens is 3. The fourth-order valence-corrected chi connectivity index (χ4v) is 3.50. The van der Waals surface area contributed by atoms with Gasteiger partial charge in [-0.1, -0.05) is 6.07 Å². The highest BCUT2D eigenvalue weighted by atomic mass is 35.5. The molecule has 0 aliphatic carbocycles. The van der Waals surface area contributed by atoms with Gasteiger partial charge in [-0.3, -0.25) is 4.79 Å². The highest BCUT2D eigenvalue weighted by molar-refractivity contribution is 7.90.